The van der Waals surface area contributed by atoms with Gasteiger partial charge in [0, 0.05) is 32.2 Å². The van der Waals surface area contributed by atoms with E-state index in [0.717, 1.165) is 36.0 Å². The lowest BCUT2D eigenvalue weighted by Gasteiger charge is -2.41. The number of halogens is 1. The minimum absolute atomic E-state index is 0.0970. The van der Waals surface area contributed by atoms with E-state index in [0.29, 0.717) is 0 Å². The number of nitrogens with zero attached hydrogens (tertiary/aromatic N) is 3. The molecule has 0 N–H and O–H groups in total. The van der Waals surface area contributed by atoms with Crippen molar-refractivity contribution in [3.05, 3.63) is 16.4 Å². The second-order valence-corrected chi connectivity index (χ2v) is 6.19. The fraction of sp³-hybridized carbons (Fsp3) is 0.769. The predicted molar refractivity (Wildman–Crippen MR) is 72.9 cm³/mol. The zero-order valence-electron chi connectivity index (χ0n) is 11.8. The molecule has 5 heteroatoms. The summed E-state index contributed by atoms with van der Waals surface area (Å²) in [5.74, 6) is 0. The van der Waals surface area contributed by atoms with Gasteiger partial charge in [-0.15, -0.1) is 0 Å². The molecular formula is C13H22ClN3O. The van der Waals surface area contributed by atoms with Crippen molar-refractivity contribution in [3.8, 4) is 0 Å². The van der Waals surface area contributed by atoms with Gasteiger partial charge in [-0.3, -0.25) is 9.58 Å². The molecule has 1 aromatic rings. The van der Waals surface area contributed by atoms with E-state index in [1.54, 1.807) is 4.68 Å². The summed E-state index contributed by atoms with van der Waals surface area (Å²) in [4.78, 5) is 2.39. The third-order valence-corrected chi connectivity index (χ3v) is 3.76. The number of hydrogen-bond acceptors (Lipinski definition) is 3. The molecule has 1 saturated heterocycles. The lowest BCUT2D eigenvalue weighted by molar-refractivity contribution is -0.130. The second-order valence-electron chi connectivity index (χ2n) is 5.84. The molecule has 1 aliphatic heterocycles. The maximum atomic E-state index is 6.28. The molecule has 0 amide bonds. The molecule has 0 saturated carbocycles. The fourth-order valence-electron chi connectivity index (χ4n) is 2.78. The molecule has 2 heterocycles. The van der Waals surface area contributed by atoms with Crippen LogP contribution in [0.25, 0.3) is 0 Å². The standard InChI is InChI=1S/C13H22ClN3O/c1-9-6-17(8-13(3,4)18-9)7-11-10(2)15-16(5)12(11)14/h9H,6-8H2,1-5H3. The van der Waals surface area contributed by atoms with Crippen molar-refractivity contribution in [2.24, 2.45) is 7.05 Å². The Kier molecular flexibility index (Phi) is 3.72. The molecule has 0 spiro atoms. The third kappa shape index (κ3) is 2.87. The summed E-state index contributed by atoms with van der Waals surface area (Å²) >= 11 is 6.28. The Morgan fingerprint density at radius 1 is 1.50 bits per heavy atom. The Hall–Kier alpha value is -0.580. The van der Waals surface area contributed by atoms with Crippen LogP contribution in [0, 0.1) is 6.92 Å². The maximum Gasteiger partial charge on any atom is 0.131 e. The van der Waals surface area contributed by atoms with Crippen LogP contribution in [0.3, 0.4) is 0 Å². The summed E-state index contributed by atoms with van der Waals surface area (Å²) in [6, 6.07) is 0. The first-order chi connectivity index (χ1) is 8.28. The SMILES string of the molecule is Cc1nn(C)c(Cl)c1CN1CC(C)OC(C)(C)C1. The minimum atomic E-state index is -0.0970. The van der Waals surface area contributed by atoms with E-state index < -0.39 is 0 Å². The summed E-state index contributed by atoms with van der Waals surface area (Å²) in [6.07, 6.45) is 0.254. The van der Waals surface area contributed by atoms with Crippen molar-refractivity contribution < 1.29 is 4.74 Å². The van der Waals surface area contributed by atoms with Gasteiger partial charge in [-0.2, -0.15) is 5.10 Å². The number of ether oxygens (including phenoxy) is 1. The average Bonchev–Trinajstić information content (AvgIpc) is 2.42. The monoisotopic (exact) mass is 271 g/mol. The van der Waals surface area contributed by atoms with Crippen LogP contribution in [-0.2, 0) is 18.3 Å². The molecule has 0 aliphatic carbocycles. The molecule has 1 aliphatic rings. The molecule has 1 fully saturated rings. The summed E-state index contributed by atoms with van der Waals surface area (Å²) in [7, 11) is 1.88. The van der Waals surface area contributed by atoms with E-state index in [1.165, 1.54) is 0 Å². The lowest BCUT2D eigenvalue weighted by atomic mass is 10.0. The third-order valence-electron chi connectivity index (χ3n) is 3.29. The molecular weight excluding hydrogens is 250 g/mol. The van der Waals surface area contributed by atoms with Crippen LogP contribution in [0.2, 0.25) is 5.15 Å². The molecule has 18 heavy (non-hydrogen) atoms. The van der Waals surface area contributed by atoms with Crippen LogP contribution in [0.1, 0.15) is 32.0 Å². The number of morpholine rings is 1. The first kappa shape index (κ1) is 13.8. The van der Waals surface area contributed by atoms with Gasteiger partial charge in [0.15, 0.2) is 0 Å². The molecule has 2 rings (SSSR count). The predicted octanol–water partition coefficient (Wildman–Crippen LogP) is 2.38. The fourth-order valence-corrected chi connectivity index (χ4v) is 3.02. The van der Waals surface area contributed by atoms with Gasteiger partial charge in [-0.05, 0) is 27.7 Å². The Balaban J connectivity index is 2.14. The van der Waals surface area contributed by atoms with Crippen LogP contribution in [0.5, 0.6) is 0 Å². The van der Waals surface area contributed by atoms with Crippen LogP contribution < -0.4 is 0 Å². The molecule has 1 aromatic heterocycles. The van der Waals surface area contributed by atoms with Crippen molar-refractivity contribution in [3.63, 3.8) is 0 Å². The van der Waals surface area contributed by atoms with Crippen LogP contribution in [0.4, 0.5) is 0 Å². The summed E-state index contributed by atoms with van der Waals surface area (Å²) < 4.78 is 7.65. The summed E-state index contributed by atoms with van der Waals surface area (Å²) in [5, 5.41) is 5.10. The van der Waals surface area contributed by atoms with Gasteiger partial charge in [-0.1, -0.05) is 11.6 Å². The van der Waals surface area contributed by atoms with E-state index in [9.17, 15) is 0 Å². The van der Waals surface area contributed by atoms with Crippen LogP contribution >= 0.6 is 11.6 Å². The largest absolute Gasteiger partial charge is 0.370 e. The van der Waals surface area contributed by atoms with Gasteiger partial charge in [0.2, 0.25) is 0 Å². The van der Waals surface area contributed by atoms with Crippen molar-refractivity contribution in [1.82, 2.24) is 14.7 Å². The van der Waals surface area contributed by atoms with Gasteiger partial charge >= 0.3 is 0 Å². The molecule has 4 nitrogen and oxygen atoms in total. The van der Waals surface area contributed by atoms with E-state index >= 15 is 0 Å². The first-order valence-corrected chi connectivity index (χ1v) is 6.74. The topological polar surface area (TPSA) is 30.3 Å². The van der Waals surface area contributed by atoms with Crippen molar-refractivity contribution in [2.45, 2.75) is 45.9 Å². The molecule has 0 radical (unpaired) electrons. The van der Waals surface area contributed by atoms with Gasteiger partial charge in [0.1, 0.15) is 5.15 Å². The number of aromatic nitrogens is 2. The number of rotatable bonds is 2. The minimum Gasteiger partial charge on any atom is -0.370 e. The number of aryl methyl sites for hydroxylation is 2. The van der Waals surface area contributed by atoms with E-state index in [4.69, 9.17) is 16.3 Å². The van der Waals surface area contributed by atoms with Crippen LogP contribution in [-0.4, -0.2) is 39.5 Å². The second kappa shape index (κ2) is 4.83. The van der Waals surface area contributed by atoms with Crippen molar-refractivity contribution >= 4 is 11.6 Å². The Bertz CT molecular complexity index is 442. The van der Waals surface area contributed by atoms with Crippen LogP contribution in [0.15, 0.2) is 0 Å². The molecule has 102 valence electrons. The van der Waals surface area contributed by atoms with E-state index in [-0.39, 0.29) is 11.7 Å². The lowest BCUT2D eigenvalue weighted by Crippen LogP contribution is -2.51. The highest BCUT2D eigenvalue weighted by molar-refractivity contribution is 6.30. The van der Waals surface area contributed by atoms with Gasteiger partial charge in [0.05, 0.1) is 17.4 Å². The van der Waals surface area contributed by atoms with Gasteiger partial charge < -0.3 is 4.74 Å². The van der Waals surface area contributed by atoms with Gasteiger partial charge in [-0.25, -0.2) is 0 Å². The smallest absolute Gasteiger partial charge is 0.131 e. The van der Waals surface area contributed by atoms with Crippen molar-refractivity contribution in [2.75, 3.05) is 13.1 Å². The summed E-state index contributed by atoms with van der Waals surface area (Å²) in [5.41, 5.74) is 2.05. The zero-order valence-corrected chi connectivity index (χ0v) is 12.6. The molecule has 0 bridgehead atoms. The quantitative estimate of drug-likeness (QED) is 0.827. The molecule has 1 unspecified atom stereocenters. The number of hydrogen-bond donors (Lipinski definition) is 0. The Morgan fingerprint density at radius 2 is 2.17 bits per heavy atom. The first-order valence-electron chi connectivity index (χ1n) is 6.36. The summed E-state index contributed by atoms with van der Waals surface area (Å²) in [6.45, 7) is 11.1. The Labute approximate surface area is 114 Å². The Morgan fingerprint density at radius 3 is 2.67 bits per heavy atom. The molecule has 0 aromatic carbocycles. The van der Waals surface area contributed by atoms with Gasteiger partial charge in [0.25, 0.3) is 0 Å². The zero-order chi connectivity index (χ0) is 13.5. The van der Waals surface area contributed by atoms with E-state index in [1.807, 2.05) is 14.0 Å². The highest BCUT2D eigenvalue weighted by Crippen LogP contribution is 2.25. The van der Waals surface area contributed by atoms with E-state index in [2.05, 4.69) is 30.8 Å². The van der Waals surface area contributed by atoms with Crippen molar-refractivity contribution in [1.29, 1.82) is 0 Å². The molecule has 1 atom stereocenters. The maximum absolute atomic E-state index is 6.28. The normalized spacial score (nSPS) is 24.4. The average molecular weight is 272 g/mol. The highest BCUT2D eigenvalue weighted by atomic mass is 35.5. The highest BCUT2D eigenvalue weighted by Gasteiger charge is 2.32.